The van der Waals surface area contributed by atoms with E-state index in [2.05, 4.69) is 26.6 Å². The van der Waals surface area contributed by atoms with Crippen LogP contribution in [-0.4, -0.2) is 41.5 Å². The van der Waals surface area contributed by atoms with Crippen LogP contribution < -0.4 is 15.4 Å². The summed E-state index contributed by atoms with van der Waals surface area (Å²) in [6.45, 7) is 1.94. The maximum atomic E-state index is 13.1. The van der Waals surface area contributed by atoms with E-state index >= 15 is 0 Å². The largest absolute Gasteiger partial charge is 0.492 e. The Labute approximate surface area is 225 Å². The first-order chi connectivity index (χ1) is 17.5. The van der Waals surface area contributed by atoms with Crippen LogP contribution in [0.3, 0.4) is 0 Å². The van der Waals surface area contributed by atoms with Crippen LogP contribution >= 0.6 is 28.1 Å². The lowest BCUT2D eigenvalue weighted by Crippen LogP contribution is -2.37. The van der Waals surface area contributed by atoms with E-state index < -0.39 is 5.91 Å². The number of likely N-dealkylation sites (tertiary alicyclic amines) is 1. The Balaban J connectivity index is 1.41. The van der Waals surface area contributed by atoms with Crippen LogP contribution in [0.1, 0.15) is 45.5 Å². The molecule has 2 amide bonds. The van der Waals surface area contributed by atoms with E-state index in [9.17, 15) is 9.59 Å². The number of nitrogens with zero attached hydrogens (tertiary/aromatic N) is 1. The summed E-state index contributed by atoms with van der Waals surface area (Å²) in [4.78, 5) is 28.0. The van der Waals surface area contributed by atoms with Crippen LogP contribution in [0.15, 0.2) is 77.3 Å². The topological polar surface area (TPSA) is 70.7 Å². The fourth-order valence-electron chi connectivity index (χ4n) is 4.10. The van der Waals surface area contributed by atoms with Gasteiger partial charge in [0.2, 0.25) is 0 Å². The number of hydrogen-bond acceptors (Lipinski definition) is 4. The normalized spacial score (nSPS) is 13.1. The highest BCUT2D eigenvalue weighted by atomic mass is 79.9. The molecule has 1 heterocycles. The van der Waals surface area contributed by atoms with Gasteiger partial charge in [-0.05, 0) is 67.4 Å². The SMILES string of the molecule is O=C(NC(=S)Nc1ccccc1C(=O)N1CCCCC1)c1cc(Br)ccc1OCCc1ccccc1. The third kappa shape index (κ3) is 6.92. The Bertz CT molecular complexity index is 1230. The zero-order chi connectivity index (χ0) is 25.3. The van der Waals surface area contributed by atoms with Crippen LogP contribution in [0.4, 0.5) is 5.69 Å². The van der Waals surface area contributed by atoms with Crippen molar-refractivity contribution in [2.45, 2.75) is 25.7 Å². The first-order valence-electron chi connectivity index (χ1n) is 12.0. The lowest BCUT2D eigenvalue weighted by atomic mass is 10.1. The molecule has 186 valence electrons. The highest BCUT2D eigenvalue weighted by molar-refractivity contribution is 9.10. The number of para-hydroxylation sites is 1. The summed E-state index contributed by atoms with van der Waals surface area (Å²) in [6.07, 6.45) is 3.89. The number of anilines is 1. The molecule has 0 aromatic heterocycles. The van der Waals surface area contributed by atoms with Gasteiger partial charge in [0.05, 0.1) is 23.4 Å². The van der Waals surface area contributed by atoms with Crippen molar-refractivity contribution < 1.29 is 14.3 Å². The molecule has 6 nitrogen and oxygen atoms in total. The molecule has 0 unspecified atom stereocenters. The number of carbonyl (C=O) groups excluding carboxylic acids is 2. The predicted octanol–water partition coefficient (Wildman–Crippen LogP) is 5.82. The molecule has 2 N–H and O–H groups in total. The number of piperidine rings is 1. The molecule has 3 aromatic rings. The number of benzene rings is 3. The number of halogens is 1. The highest BCUT2D eigenvalue weighted by Crippen LogP contribution is 2.24. The second-order valence-electron chi connectivity index (χ2n) is 8.53. The third-order valence-electron chi connectivity index (χ3n) is 5.95. The molecule has 0 bridgehead atoms. The minimum absolute atomic E-state index is 0.0342. The highest BCUT2D eigenvalue weighted by Gasteiger charge is 2.21. The van der Waals surface area contributed by atoms with Gasteiger partial charge >= 0.3 is 0 Å². The number of amides is 2. The number of carbonyl (C=O) groups is 2. The number of ether oxygens (including phenoxy) is 1. The standard InChI is InChI=1S/C28H28BrN3O3S/c29-21-13-14-25(35-18-15-20-9-3-1-4-10-20)23(19-21)26(33)31-28(36)30-24-12-6-5-11-22(24)27(34)32-16-7-2-8-17-32/h1,3-6,9-14,19H,2,7-8,15-18H2,(H2,30,31,33,36). The summed E-state index contributed by atoms with van der Waals surface area (Å²) in [7, 11) is 0. The first kappa shape index (κ1) is 25.9. The van der Waals surface area contributed by atoms with Gasteiger partial charge in [0.25, 0.3) is 11.8 Å². The summed E-state index contributed by atoms with van der Waals surface area (Å²) < 4.78 is 6.69. The average Bonchev–Trinajstić information content (AvgIpc) is 2.90. The van der Waals surface area contributed by atoms with Crippen molar-refractivity contribution in [3.05, 3.63) is 94.0 Å². The van der Waals surface area contributed by atoms with Crippen LogP contribution in [0.5, 0.6) is 5.75 Å². The Hall–Kier alpha value is -3.23. The maximum Gasteiger partial charge on any atom is 0.261 e. The molecular weight excluding hydrogens is 538 g/mol. The molecule has 0 radical (unpaired) electrons. The smallest absolute Gasteiger partial charge is 0.261 e. The summed E-state index contributed by atoms with van der Waals surface area (Å²) in [5.41, 5.74) is 2.61. The Morgan fingerprint density at radius 2 is 1.64 bits per heavy atom. The molecule has 36 heavy (non-hydrogen) atoms. The summed E-state index contributed by atoms with van der Waals surface area (Å²) in [5.74, 6) is 0.0338. The van der Waals surface area contributed by atoms with E-state index in [4.69, 9.17) is 17.0 Å². The molecule has 3 aromatic carbocycles. The Morgan fingerprint density at radius 1 is 0.917 bits per heavy atom. The Morgan fingerprint density at radius 3 is 2.42 bits per heavy atom. The van der Waals surface area contributed by atoms with E-state index in [0.29, 0.717) is 29.2 Å². The van der Waals surface area contributed by atoms with Crippen molar-refractivity contribution >= 4 is 50.8 Å². The van der Waals surface area contributed by atoms with Gasteiger partial charge in [-0.25, -0.2) is 0 Å². The summed E-state index contributed by atoms with van der Waals surface area (Å²) in [6, 6.07) is 22.5. The zero-order valence-electron chi connectivity index (χ0n) is 19.8. The molecule has 0 atom stereocenters. The van der Waals surface area contributed by atoms with Crippen molar-refractivity contribution in [2.75, 3.05) is 25.0 Å². The second-order valence-corrected chi connectivity index (χ2v) is 9.86. The van der Waals surface area contributed by atoms with Crippen LogP contribution in [0.2, 0.25) is 0 Å². The fraction of sp³-hybridized carbons (Fsp3) is 0.250. The minimum atomic E-state index is -0.400. The minimum Gasteiger partial charge on any atom is -0.492 e. The number of thiocarbonyl (C=S) groups is 1. The van der Waals surface area contributed by atoms with Gasteiger partial charge in [-0.3, -0.25) is 14.9 Å². The number of hydrogen-bond donors (Lipinski definition) is 2. The Kier molecular flexibility index (Phi) is 9.08. The molecule has 1 aliphatic heterocycles. The zero-order valence-corrected chi connectivity index (χ0v) is 22.2. The van der Waals surface area contributed by atoms with Crippen molar-refractivity contribution in [3.63, 3.8) is 0 Å². The van der Waals surface area contributed by atoms with Gasteiger partial charge < -0.3 is 15.0 Å². The molecule has 0 aliphatic carbocycles. The van der Waals surface area contributed by atoms with Gasteiger partial charge in [-0.15, -0.1) is 0 Å². The average molecular weight is 567 g/mol. The maximum absolute atomic E-state index is 13.1. The van der Waals surface area contributed by atoms with Crippen molar-refractivity contribution in [1.82, 2.24) is 10.2 Å². The lowest BCUT2D eigenvalue weighted by Gasteiger charge is -2.27. The molecule has 1 saturated heterocycles. The lowest BCUT2D eigenvalue weighted by molar-refractivity contribution is 0.0725. The van der Waals surface area contributed by atoms with Crippen LogP contribution in [0, 0.1) is 0 Å². The third-order valence-corrected chi connectivity index (χ3v) is 6.65. The van der Waals surface area contributed by atoms with E-state index in [1.807, 2.05) is 53.4 Å². The van der Waals surface area contributed by atoms with Crippen molar-refractivity contribution in [2.24, 2.45) is 0 Å². The number of rotatable bonds is 7. The van der Waals surface area contributed by atoms with E-state index in [0.717, 1.165) is 48.8 Å². The van der Waals surface area contributed by atoms with Gasteiger partial charge in [0.1, 0.15) is 5.75 Å². The van der Waals surface area contributed by atoms with Crippen molar-refractivity contribution in [1.29, 1.82) is 0 Å². The van der Waals surface area contributed by atoms with Gasteiger partial charge in [0, 0.05) is 24.0 Å². The fourth-order valence-corrected chi connectivity index (χ4v) is 4.66. The van der Waals surface area contributed by atoms with E-state index in [1.54, 1.807) is 24.3 Å². The van der Waals surface area contributed by atoms with Gasteiger partial charge in [0.15, 0.2) is 5.11 Å². The molecule has 1 fully saturated rings. The predicted molar refractivity (Wildman–Crippen MR) is 150 cm³/mol. The van der Waals surface area contributed by atoms with Gasteiger partial charge in [-0.1, -0.05) is 58.4 Å². The van der Waals surface area contributed by atoms with Gasteiger partial charge in [-0.2, -0.15) is 0 Å². The summed E-state index contributed by atoms with van der Waals surface area (Å²) >= 11 is 8.85. The van der Waals surface area contributed by atoms with E-state index in [1.165, 1.54) is 0 Å². The molecule has 4 rings (SSSR count). The monoisotopic (exact) mass is 565 g/mol. The molecule has 0 spiro atoms. The van der Waals surface area contributed by atoms with Crippen LogP contribution in [-0.2, 0) is 6.42 Å². The second kappa shape index (κ2) is 12.6. The summed E-state index contributed by atoms with van der Waals surface area (Å²) in [5, 5.41) is 5.86. The quantitative estimate of drug-likeness (QED) is 0.353. The molecule has 8 heteroatoms. The molecule has 0 saturated carbocycles. The molecule has 1 aliphatic rings. The van der Waals surface area contributed by atoms with Crippen molar-refractivity contribution in [3.8, 4) is 5.75 Å². The van der Waals surface area contributed by atoms with E-state index in [-0.39, 0.29) is 11.0 Å². The molecular formula is C28H28BrN3O3S. The van der Waals surface area contributed by atoms with Crippen LogP contribution in [0.25, 0.3) is 0 Å². The first-order valence-corrected chi connectivity index (χ1v) is 13.2. The number of nitrogens with one attached hydrogen (secondary N) is 2.